The molecule has 3 heterocycles. The minimum Gasteiger partial charge on any atom is -0.303 e. The van der Waals surface area contributed by atoms with E-state index in [4.69, 9.17) is 0 Å². The molecule has 2 aromatic rings. The second-order valence-corrected chi connectivity index (χ2v) is 7.39. The molecule has 0 amide bonds. The monoisotopic (exact) mass is 290 g/mol. The third-order valence-corrected chi connectivity index (χ3v) is 5.36. The maximum atomic E-state index is 4.35. The van der Waals surface area contributed by atoms with Crippen molar-refractivity contribution in [1.29, 1.82) is 0 Å². The Morgan fingerprint density at radius 1 is 1.40 bits per heavy atom. The van der Waals surface area contributed by atoms with Crippen LogP contribution in [0.15, 0.2) is 24.4 Å². The summed E-state index contributed by atoms with van der Waals surface area (Å²) in [5, 5.41) is 12.3. The van der Waals surface area contributed by atoms with Gasteiger partial charge in [0.25, 0.3) is 0 Å². The molecule has 2 atom stereocenters. The van der Waals surface area contributed by atoms with Crippen LogP contribution >= 0.6 is 11.8 Å². The average Bonchev–Trinajstić information content (AvgIpc) is 2.85. The number of nitrogens with zero attached hydrogens (tertiary/aromatic N) is 3. The molecule has 5 heteroatoms. The van der Waals surface area contributed by atoms with Crippen LogP contribution in [0, 0.1) is 5.41 Å². The standard InChI is InChI=1S/C15H22N4S/c1-11(16-12-10-20-9-7-15(12,2)3)14-18-17-13-6-4-5-8-19(13)14/h4-6,8,11-12,16H,7,9-10H2,1-3H3. The molecule has 1 N–H and O–H groups in total. The van der Waals surface area contributed by atoms with E-state index < -0.39 is 0 Å². The first kappa shape index (κ1) is 13.9. The Balaban J connectivity index is 1.80. The summed E-state index contributed by atoms with van der Waals surface area (Å²) in [7, 11) is 0. The molecule has 20 heavy (non-hydrogen) atoms. The first-order chi connectivity index (χ1) is 9.58. The number of fused-ring (bicyclic) bond motifs is 1. The Bertz CT molecular complexity index is 592. The molecule has 1 aliphatic heterocycles. The van der Waals surface area contributed by atoms with E-state index in [-0.39, 0.29) is 6.04 Å². The van der Waals surface area contributed by atoms with E-state index in [9.17, 15) is 0 Å². The van der Waals surface area contributed by atoms with Crippen molar-refractivity contribution >= 4 is 17.4 Å². The van der Waals surface area contributed by atoms with E-state index >= 15 is 0 Å². The molecule has 4 nitrogen and oxygen atoms in total. The lowest BCUT2D eigenvalue weighted by Crippen LogP contribution is -2.47. The van der Waals surface area contributed by atoms with Crippen LogP contribution in [0.4, 0.5) is 0 Å². The van der Waals surface area contributed by atoms with Gasteiger partial charge >= 0.3 is 0 Å². The first-order valence-electron chi connectivity index (χ1n) is 7.21. The van der Waals surface area contributed by atoms with Crippen LogP contribution in [0.25, 0.3) is 5.65 Å². The van der Waals surface area contributed by atoms with Crippen molar-refractivity contribution in [2.24, 2.45) is 5.41 Å². The molecule has 2 unspecified atom stereocenters. The Labute approximate surface area is 124 Å². The molecule has 0 aromatic carbocycles. The number of pyridine rings is 1. The highest BCUT2D eigenvalue weighted by atomic mass is 32.2. The molecule has 0 saturated carbocycles. The van der Waals surface area contributed by atoms with Crippen LogP contribution in [0.3, 0.4) is 0 Å². The van der Waals surface area contributed by atoms with E-state index in [1.807, 2.05) is 36.2 Å². The summed E-state index contributed by atoms with van der Waals surface area (Å²) >= 11 is 2.04. The fourth-order valence-electron chi connectivity index (χ4n) is 2.74. The number of nitrogens with one attached hydrogen (secondary N) is 1. The third-order valence-electron chi connectivity index (χ3n) is 4.30. The molecule has 1 fully saturated rings. The van der Waals surface area contributed by atoms with E-state index in [0.29, 0.717) is 11.5 Å². The molecule has 0 radical (unpaired) electrons. The van der Waals surface area contributed by atoms with Gasteiger partial charge in [-0.1, -0.05) is 19.9 Å². The minimum absolute atomic E-state index is 0.204. The van der Waals surface area contributed by atoms with Crippen LogP contribution in [-0.2, 0) is 0 Å². The van der Waals surface area contributed by atoms with Gasteiger partial charge in [0.15, 0.2) is 11.5 Å². The van der Waals surface area contributed by atoms with Crippen LogP contribution in [0.2, 0.25) is 0 Å². The fourth-order valence-corrected chi connectivity index (χ4v) is 4.36. The molecule has 1 saturated heterocycles. The van der Waals surface area contributed by atoms with Gasteiger partial charge in [0.05, 0.1) is 6.04 Å². The van der Waals surface area contributed by atoms with Crippen LogP contribution in [0.1, 0.15) is 39.1 Å². The molecule has 0 bridgehead atoms. The van der Waals surface area contributed by atoms with Gasteiger partial charge in [-0.25, -0.2) is 0 Å². The predicted molar refractivity (Wildman–Crippen MR) is 84.0 cm³/mol. The topological polar surface area (TPSA) is 42.2 Å². The quantitative estimate of drug-likeness (QED) is 0.944. The van der Waals surface area contributed by atoms with Crippen molar-refractivity contribution in [2.75, 3.05) is 11.5 Å². The highest BCUT2D eigenvalue weighted by Crippen LogP contribution is 2.35. The second kappa shape index (κ2) is 5.37. The number of aromatic nitrogens is 3. The smallest absolute Gasteiger partial charge is 0.160 e. The van der Waals surface area contributed by atoms with Crippen molar-refractivity contribution in [3.05, 3.63) is 30.2 Å². The minimum atomic E-state index is 0.204. The van der Waals surface area contributed by atoms with Gasteiger partial charge in [-0.2, -0.15) is 11.8 Å². The van der Waals surface area contributed by atoms with Crippen LogP contribution in [-0.4, -0.2) is 32.1 Å². The van der Waals surface area contributed by atoms with E-state index in [1.54, 1.807) is 0 Å². The highest BCUT2D eigenvalue weighted by Gasteiger charge is 2.33. The van der Waals surface area contributed by atoms with Crippen molar-refractivity contribution in [3.8, 4) is 0 Å². The summed E-state index contributed by atoms with van der Waals surface area (Å²) in [6.07, 6.45) is 3.30. The molecular formula is C15H22N4S. The molecular weight excluding hydrogens is 268 g/mol. The summed E-state index contributed by atoms with van der Waals surface area (Å²) in [5.41, 5.74) is 1.26. The fraction of sp³-hybridized carbons (Fsp3) is 0.600. The Morgan fingerprint density at radius 2 is 2.25 bits per heavy atom. The maximum Gasteiger partial charge on any atom is 0.160 e. The van der Waals surface area contributed by atoms with Gasteiger partial charge in [-0.15, -0.1) is 10.2 Å². The lowest BCUT2D eigenvalue weighted by atomic mass is 9.82. The van der Waals surface area contributed by atoms with Crippen molar-refractivity contribution in [2.45, 2.75) is 39.3 Å². The zero-order valence-corrected chi connectivity index (χ0v) is 13.2. The van der Waals surface area contributed by atoms with Gasteiger partial charge in [-0.3, -0.25) is 4.40 Å². The third kappa shape index (κ3) is 2.56. The van der Waals surface area contributed by atoms with Gasteiger partial charge in [0, 0.05) is 18.0 Å². The predicted octanol–water partition coefficient (Wildman–Crippen LogP) is 2.91. The Hall–Kier alpha value is -1.07. The largest absolute Gasteiger partial charge is 0.303 e. The lowest BCUT2D eigenvalue weighted by molar-refractivity contribution is 0.229. The zero-order chi connectivity index (χ0) is 14.2. The van der Waals surface area contributed by atoms with E-state index in [2.05, 4.69) is 40.7 Å². The van der Waals surface area contributed by atoms with Crippen molar-refractivity contribution in [1.82, 2.24) is 19.9 Å². The molecule has 0 spiro atoms. The number of rotatable bonds is 3. The van der Waals surface area contributed by atoms with Gasteiger partial charge in [0.1, 0.15) is 0 Å². The summed E-state index contributed by atoms with van der Waals surface area (Å²) in [4.78, 5) is 0. The first-order valence-corrected chi connectivity index (χ1v) is 8.37. The molecule has 3 rings (SSSR count). The second-order valence-electron chi connectivity index (χ2n) is 6.24. The number of thioether (sulfide) groups is 1. The zero-order valence-electron chi connectivity index (χ0n) is 12.3. The highest BCUT2D eigenvalue weighted by molar-refractivity contribution is 7.99. The van der Waals surface area contributed by atoms with E-state index in [1.165, 1.54) is 17.9 Å². The SMILES string of the molecule is CC(NC1CSCCC1(C)C)c1nnc2ccccn12. The van der Waals surface area contributed by atoms with Crippen molar-refractivity contribution < 1.29 is 0 Å². The summed E-state index contributed by atoms with van der Waals surface area (Å²) in [5.74, 6) is 3.44. The van der Waals surface area contributed by atoms with E-state index in [0.717, 1.165) is 11.5 Å². The van der Waals surface area contributed by atoms with Crippen molar-refractivity contribution in [3.63, 3.8) is 0 Å². The Morgan fingerprint density at radius 3 is 3.05 bits per heavy atom. The Kier molecular flexibility index (Phi) is 3.73. The van der Waals surface area contributed by atoms with Crippen LogP contribution in [0.5, 0.6) is 0 Å². The summed E-state index contributed by atoms with van der Waals surface area (Å²) in [6.45, 7) is 6.90. The number of hydrogen-bond donors (Lipinski definition) is 1. The lowest BCUT2D eigenvalue weighted by Gasteiger charge is -2.40. The summed E-state index contributed by atoms with van der Waals surface area (Å²) < 4.78 is 2.07. The van der Waals surface area contributed by atoms with Gasteiger partial charge < -0.3 is 5.32 Å². The molecule has 2 aromatic heterocycles. The molecule has 108 valence electrons. The average molecular weight is 290 g/mol. The molecule has 0 aliphatic carbocycles. The maximum absolute atomic E-state index is 4.35. The number of hydrogen-bond acceptors (Lipinski definition) is 4. The van der Waals surface area contributed by atoms with Gasteiger partial charge in [-0.05, 0) is 36.6 Å². The summed E-state index contributed by atoms with van der Waals surface area (Å²) in [6, 6.07) is 6.73. The normalized spacial score (nSPS) is 23.9. The van der Waals surface area contributed by atoms with Crippen LogP contribution < -0.4 is 5.32 Å². The molecule has 1 aliphatic rings. The van der Waals surface area contributed by atoms with Gasteiger partial charge in [0.2, 0.25) is 0 Å².